The van der Waals surface area contributed by atoms with Crippen LogP contribution in [0.1, 0.15) is 52.9 Å². The molecule has 0 spiro atoms. The summed E-state index contributed by atoms with van der Waals surface area (Å²) < 4.78 is 6.96. The molecule has 174 valence electrons. The van der Waals surface area contributed by atoms with Crippen LogP contribution in [0.3, 0.4) is 0 Å². The molecule has 0 fully saturated rings. The van der Waals surface area contributed by atoms with Crippen LogP contribution in [-0.2, 0) is 7.05 Å². The van der Waals surface area contributed by atoms with Gasteiger partial charge in [-0.1, -0.05) is 49.3 Å². The fourth-order valence-electron chi connectivity index (χ4n) is 3.33. The van der Waals surface area contributed by atoms with Crippen molar-refractivity contribution < 1.29 is 14.3 Å². The summed E-state index contributed by atoms with van der Waals surface area (Å²) in [6, 6.07) is 13.6. The first-order valence-corrected chi connectivity index (χ1v) is 11.9. The molecule has 7 nitrogen and oxygen atoms in total. The van der Waals surface area contributed by atoms with Crippen molar-refractivity contribution in [1.82, 2.24) is 20.1 Å². The lowest BCUT2D eigenvalue weighted by Gasteiger charge is -2.20. The number of methoxy groups -OCH3 is 1. The zero-order valence-electron chi connectivity index (χ0n) is 19.0. The Labute approximate surface area is 202 Å². The van der Waals surface area contributed by atoms with E-state index < -0.39 is 0 Å². The number of hydrogen-bond donors (Lipinski definition) is 1. The van der Waals surface area contributed by atoms with Gasteiger partial charge in [0.1, 0.15) is 5.75 Å². The number of hydrogen-bond acceptors (Lipinski definition) is 6. The third-order valence-corrected chi connectivity index (χ3v) is 6.41. The number of ketones is 1. The summed E-state index contributed by atoms with van der Waals surface area (Å²) in [4.78, 5) is 25.4. The zero-order valence-corrected chi connectivity index (χ0v) is 20.6. The molecule has 1 N–H and O–H groups in total. The van der Waals surface area contributed by atoms with Gasteiger partial charge in [0, 0.05) is 12.6 Å². The number of ether oxygens (including phenoxy) is 1. The molecule has 9 heteroatoms. The average Bonchev–Trinajstić information content (AvgIpc) is 3.17. The van der Waals surface area contributed by atoms with Gasteiger partial charge >= 0.3 is 0 Å². The maximum Gasteiger partial charge on any atom is 0.253 e. The van der Waals surface area contributed by atoms with Crippen LogP contribution >= 0.6 is 23.4 Å². The van der Waals surface area contributed by atoms with E-state index in [1.807, 2.05) is 11.6 Å². The maximum atomic E-state index is 12.9. The minimum absolute atomic E-state index is 0.0158. The molecule has 1 heterocycles. The Morgan fingerprint density at radius 1 is 1.12 bits per heavy atom. The largest absolute Gasteiger partial charge is 0.497 e. The lowest BCUT2D eigenvalue weighted by molar-refractivity contribution is 0.0928. The summed E-state index contributed by atoms with van der Waals surface area (Å²) in [6.45, 7) is 4.16. The number of benzene rings is 2. The SMILES string of the molecule is COc1ccc(C(=O)CSc2nnc([C@@H](CC(C)C)NC(=O)c3ccccc3Cl)n2C)cc1. The quantitative estimate of drug-likeness (QED) is 0.321. The number of Topliss-reactive ketones (excluding diaryl/α,β-unsaturated/α-hetero) is 1. The lowest BCUT2D eigenvalue weighted by atomic mass is 10.0. The van der Waals surface area contributed by atoms with Crippen molar-refractivity contribution in [2.45, 2.75) is 31.5 Å². The molecule has 0 radical (unpaired) electrons. The Balaban J connectivity index is 1.72. The lowest BCUT2D eigenvalue weighted by Crippen LogP contribution is -2.31. The van der Waals surface area contributed by atoms with Gasteiger partial charge in [-0.3, -0.25) is 9.59 Å². The monoisotopic (exact) mass is 486 g/mol. The van der Waals surface area contributed by atoms with Crippen LogP contribution in [0.2, 0.25) is 5.02 Å². The van der Waals surface area contributed by atoms with Crippen LogP contribution in [0.25, 0.3) is 0 Å². The highest BCUT2D eigenvalue weighted by atomic mass is 35.5. The summed E-state index contributed by atoms with van der Waals surface area (Å²) in [7, 11) is 3.42. The summed E-state index contributed by atoms with van der Waals surface area (Å²) in [6.07, 6.45) is 0.678. The minimum Gasteiger partial charge on any atom is -0.497 e. The molecule has 1 aromatic heterocycles. The highest BCUT2D eigenvalue weighted by Gasteiger charge is 2.24. The summed E-state index contributed by atoms with van der Waals surface area (Å²) in [5.41, 5.74) is 1.02. The molecule has 0 aliphatic heterocycles. The molecule has 0 aliphatic carbocycles. The standard InChI is InChI=1S/C24H27ClN4O3S/c1-15(2)13-20(26-23(31)18-7-5-6-8-19(18)25)22-27-28-24(29(22)3)33-14-21(30)16-9-11-17(32-4)12-10-16/h5-12,15,20H,13-14H2,1-4H3,(H,26,31)/t20-/m1/s1. The van der Waals surface area contributed by atoms with E-state index in [1.54, 1.807) is 55.6 Å². The minimum atomic E-state index is -0.349. The molecule has 0 bridgehead atoms. The second-order valence-electron chi connectivity index (χ2n) is 7.98. The molecular weight excluding hydrogens is 460 g/mol. The van der Waals surface area contributed by atoms with Crippen molar-refractivity contribution in [3.63, 3.8) is 0 Å². The smallest absolute Gasteiger partial charge is 0.253 e. The number of amides is 1. The van der Waals surface area contributed by atoms with E-state index >= 15 is 0 Å². The first-order valence-electron chi connectivity index (χ1n) is 10.5. The summed E-state index contributed by atoms with van der Waals surface area (Å²) >= 11 is 7.50. The van der Waals surface area contributed by atoms with E-state index in [-0.39, 0.29) is 23.5 Å². The van der Waals surface area contributed by atoms with Crippen molar-refractivity contribution in [2.24, 2.45) is 13.0 Å². The van der Waals surface area contributed by atoms with E-state index in [0.717, 1.165) is 0 Å². The van der Waals surface area contributed by atoms with Crippen LogP contribution in [0, 0.1) is 5.92 Å². The number of halogens is 1. The second-order valence-corrected chi connectivity index (χ2v) is 9.33. The van der Waals surface area contributed by atoms with Gasteiger partial charge in [-0.15, -0.1) is 10.2 Å². The van der Waals surface area contributed by atoms with E-state index in [2.05, 4.69) is 29.4 Å². The molecule has 1 atom stereocenters. The fraction of sp³-hybridized carbons (Fsp3) is 0.333. The summed E-state index contributed by atoms with van der Waals surface area (Å²) in [5, 5.41) is 12.6. The number of thioether (sulfide) groups is 1. The number of rotatable bonds is 10. The van der Waals surface area contributed by atoms with Crippen molar-refractivity contribution >= 4 is 35.1 Å². The van der Waals surface area contributed by atoms with Crippen molar-refractivity contribution in [2.75, 3.05) is 12.9 Å². The predicted molar refractivity (Wildman–Crippen MR) is 130 cm³/mol. The van der Waals surface area contributed by atoms with Crippen LogP contribution in [0.5, 0.6) is 5.75 Å². The Morgan fingerprint density at radius 3 is 2.45 bits per heavy atom. The van der Waals surface area contributed by atoms with Crippen LogP contribution in [-0.4, -0.2) is 39.3 Å². The normalized spacial score (nSPS) is 11.9. The maximum absolute atomic E-state index is 12.9. The fourth-order valence-corrected chi connectivity index (χ4v) is 4.36. The van der Waals surface area contributed by atoms with Gasteiger partial charge < -0.3 is 14.6 Å². The van der Waals surface area contributed by atoms with Gasteiger partial charge in [0.05, 0.1) is 29.5 Å². The first kappa shape index (κ1) is 24.8. The number of nitrogens with one attached hydrogen (secondary N) is 1. The van der Waals surface area contributed by atoms with Gasteiger partial charge in [0.15, 0.2) is 16.8 Å². The number of nitrogens with zero attached hydrogens (tertiary/aromatic N) is 3. The van der Waals surface area contributed by atoms with Gasteiger partial charge in [-0.2, -0.15) is 0 Å². The second kappa shape index (κ2) is 11.3. The van der Waals surface area contributed by atoms with Gasteiger partial charge in [0.25, 0.3) is 5.91 Å². The summed E-state index contributed by atoms with van der Waals surface area (Å²) in [5.74, 6) is 1.58. The van der Waals surface area contributed by atoms with E-state index in [4.69, 9.17) is 16.3 Å². The van der Waals surface area contributed by atoms with Crippen LogP contribution < -0.4 is 10.1 Å². The van der Waals surface area contributed by atoms with E-state index in [9.17, 15) is 9.59 Å². The molecule has 0 saturated carbocycles. The van der Waals surface area contributed by atoms with E-state index in [1.165, 1.54) is 11.8 Å². The van der Waals surface area contributed by atoms with Crippen molar-refractivity contribution in [3.05, 3.63) is 70.5 Å². The van der Waals surface area contributed by atoms with Crippen molar-refractivity contribution in [1.29, 1.82) is 0 Å². The predicted octanol–water partition coefficient (Wildman–Crippen LogP) is 4.97. The zero-order chi connectivity index (χ0) is 24.0. The number of carbonyl (C=O) groups is 2. The van der Waals surface area contributed by atoms with Crippen LogP contribution in [0.4, 0.5) is 0 Å². The van der Waals surface area contributed by atoms with Gasteiger partial charge in [0.2, 0.25) is 0 Å². The Hall–Kier alpha value is -2.84. The molecular formula is C24H27ClN4O3S. The molecule has 3 aromatic rings. The Morgan fingerprint density at radius 2 is 1.82 bits per heavy atom. The number of aromatic nitrogens is 3. The third kappa shape index (κ3) is 6.36. The third-order valence-electron chi connectivity index (χ3n) is 5.06. The molecule has 33 heavy (non-hydrogen) atoms. The Bertz CT molecular complexity index is 1120. The molecule has 2 aromatic carbocycles. The molecule has 1 amide bonds. The van der Waals surface area contributed by atoms with Crippen molar-refractivity contribution in [3.8, 4) is 5.75 Å². The van der Waals surface area contributed by atoms with Gasteiger partial charge in [-0.25, -0.2) is 0 Å². The van der Waals surface area contributed by atoms with E-state index in [0.29, 0.717) is 45.2 Å². The highest BCUT2D eigenvalue weighted by molar-refractivity contribution is 7.99. The topological polar surface area (TPSA) is 86.1 Å². The number of carbonyl (C=O) groups excluding carboxylic acids is 2. The van der Waals surface area contributed by atoms with Crippen LogP contribution in [0.15, 0.2) is 53.7 Å². The highest BCUT2D eigenvalue weighted by Crippen LogP contribution is 2.25. The van der Waals surface area contributed by atoms with Gasteiger partial charge in [-0.05, 0) is 48.7 Å². The molecule has 0 saturated heterocycles. The average molecular weight is 487 g/mol. The molecule has 0 aliphatic rings. The molecule has 0 unspecified atom stereocenters. The molecule has 3 rings (SSSR count). The Kier molecular flexibility index (Phi) is 8.52. The first-order chi connectivity index (χ1) is 15.8.